The van der Waals surface area contributed by atoms with Crippen LogP contribution < -0.4 is 10.6 Å². The van der Waals surface area contributed by atoms with Crippen molar-refractivity contribution in [2.24, 2.45) is 0 Å². The molecule has 8 heteroatoms. The summed E-state index contributed by atoms with van der Waals surface area (Å²) in [5.74, 6) is 0.589. The van der Waals surface area contributed by atoms with Crippen LogP contribution in [0.3, 0.4) is 0 Å². The van der Waals surface area contributed by atoms with E-state index in [2.05, 4.69) is 34.4 Å². The second-order valence-corrected chi connectivity index (χ2v) is 5.77. The van der Waals surface area contributed by atoms with Crippen LogP contribution in [0.25, 0.3) is 0 Å². The number of aromatic nitrogens is 2. The van der Waals surface area contributed by atoms with Crippen LogP contribution in [0.2, 0.25) is 0 Å². The van der Waals surface area contributed by atoms with Gasteiger partial charge in [0, 0.05) is 18.3 Å². The SMILES string of the molecule is CNc1ncc([N+](=O)[O-])c(NCC(C)(C)SC)n1. The highest BCUT2D eigenvalue weighted by atomic mass is 32.2. The molecule has 0 fully saturated rings. The van der Waals surface area contributed by atoms with Crippen LogP contribution in [0.1, 0.15) is 13.8 Å². The van der Waals surface area contributed by atoms with Gasteiger partial charge < -0.3 is 10.6 Å². The lowest BCUT2D eigenvalue weighted by Crippen LogP contribution is -2.26. The lowest BCUT2D eigenvalue weighted by Gasteiger charge is -2.22. The van der Waals surface area contributed by atoms with Crippen LogP contribution in [0.4, 0.5) is 17.5 Å². The van der Waals surface area contributed by atoms with Crippen molar-refractivity contribution in [3.8, 4) is 0 Å². The van der Waals surface area contributed by atoms with E-state index in [0.29, 0.717) is 12.5 Å². The first-order valence-corrected chi connectivity index (χ1v) is 6.60. The molecule has 0 radical (unpaired) electrons. The minimum absolute atomic E-state index is 0.0291. The number of thioether (sulfide) groups is 1. The van der Waals surface area contributed by atoms with Gasteiger partial charge in [-0.1, -0.05) is 0 Å². The van der Waals surface area contributed by atoms with Gasteiger partial charge in [-0.05, 0) is 20.1 Å². The van der Waals surface area contributed by atoms with Crippen molar-refractivity contribution in [1.82, 2.24) is 9.97 Å². The minimum Gasteiger partial charge on any atom is -0.363 e. The Morgan fingerprint density at radius 1 is 1.56 bits per heavy atom. The molecule has 1 heterocycles. The Bertz CT molecular complexity index is 438. The predicted octanol–water partition coefficient (Wildman–Crippen LogP) is 1.98. The third-order valence-electron chi connectivity index (χ3n) is 2.42. The lowest BCUT2D eigenvalue weighted by atomic mass is 10.2. The average Bonchev–Trinajstić information content (AvgIpc) is 2.36. The maximum absolute atomic E-state index is 10.9. The molecule has 0 amide bonds. The molecule has 18 heavy (non-hydrogen) atoms. The molecule has 0 spiro atoms. The third-order valence-corrected chi connectivity index (χ3v) is 3.67. The summed E-state index contributed by atoms with van der Waals surface area (Å²) in [4.78, 5) is 18.3. The Hall–Kier alpha value is -1.57. The lowest BCUT2D eigenvalue weighted by molar-refractivity contribution is -0.384. The number of nitrogens with one attached hydrogen (secondary N) is 2. The Labute approximate surface area is 110 Å². The van der Waals surface area contributed by atoms with Gasteiger partial charge in [0.05, 0.1) is 4.92 Å². The number of hydrogen-bond acceptors (Lipinski definition) is 7. The fraction of sp³-hybridized carbons (Fsp3) is 0.600. The van der Waals surface area contributed by atoms with E-state index in [0.717, 1.165) is 0 Å². The number of nitro groups is 1. The van der Waals surface area contributed by atoms with Gasteiger partial charge in [0.1, 0.15) is 6.20 Å². The van der Waals surface area contributed by atoms with Crippen molar-refractivity contribution in [2.45, 2.75) is 18.6 Å². The van der Waals surface area contributed by atoms with Crippen LogP contribution >= 0.6 is 11.8 Å². The summed E-state index contributed by atoms with van der Waals surface area (Å²) in [5, 5.41) is 16.6. The molecular formula is C10H17N5O2S. The second kappa shape index (κ2) is 5.85. The summed E-state index contributed by atoms with van der Waals surface area (Å²) in [5.41, 5.74) is -0.120. The zero-order valence-corrected chi connectivity index (χ0v) is 11.7. The van der Waals surface area contributed by atoms with Gasteiger partial charge in [-0.2, -0.15) is 16.7 Å². The van der Waals surface area contributed by atoms with E-state index in [4.69, 9.17) is 0 Å². The molecule has 0 saturated heterocycles. The average molecular weight is 271 g/mol. The second-order valence-electron chi connectivity index (χ2n) is 4.25. The molecule has 2 N–H and O–H groups in total. The zero-order chi connectivity index (χ0) is 13.8. The van der Waals surface area contributed by atoms with Gasteiger partial charge >= 0.3 is 5.69 Å². The van der Waals surface area contributed by atoms with Gasteiger partial charge in [-0.15, -0.1) is 0 Å². The molecule has 1 rings (SSSR count). The van der Waals surface area contributed by atoms with E-state index in [1.807, 2.05) is 6.26 Å². The molecule has 1 aromatic rings. The number of hydrogen-bond donors (Lipinski definition) is 2. The Morgan fingerprint density at radius 2 is 2.22 bits per heavy atom. The van der Waals surface area contributed by atoms with Gasteiger partial charge in [-0.3, -0.25) is 10.1 Å². The molecule has 0 aliphatic heterocycles. The van der Waals surface area contributed by atoms with E-state index in [1.54, 1.807) is 18.8 Å². The summed E-state index contributed by atoms with van der Waals surface area (Å²) >= 11 is 1.68. The Balaban J connectivity index is 2.94. The van der Waals surface area contributed by atoms with Crippen LogP contribution in [0.15, 0.2) is 6.20 Å². The Morgan fingerprint density at radius 3 is 2.72 bits per heavy atom. The van der Waals surface area contributed by atoms with Crippen molar-refractivity contribution >= 4 is 29.2 Å². The van der Waals surface area contributed by atoms with Crippen LogP contribution in [-0.2, 0) is 0 Å². The number of nitrogens with zero attached hydrogens (tertiary/aromatic N) is 3. The van der Waals surface area contributed by atoms with Gasteiger partial charge in [0.25, 0.3) is 0 Å². The van der Waals surface area contributed by atoms with E-state index in [9.17, 15) is 10.1 Å². The summed E-state index contributed by atoms with van der Waals surface area (Å²) in [7, 11) is 1.66. The molecule has 100 valence electrons. The monoisotopic (exact) mass is 271 g/mol. The highest BCUT2D eigenvalue weighted by molar-refractivity contribution is 7.99. The molecule has 0 atom stereocenters. The molecule has 0 bridgehead atoms. The summed E-state index contributed by atoms with van der Waals surface area (Å²) in [6.45, 7) is 4.68. The molecule has 7 nitrogen and oxygen atoms in total. The molecule has 0 unspecified atom stereocenters. The third kappa shape index (κ3) is 3.73. The molecule has 1 aromatic heterocycles. The highest BCUT2D eigenvalue weighted by Crippen LogP contribution is 2.25. The van der Waals surface area contributed by atoms with Crippen LogP contribution in [0.5, 0.6) is 0 Å². The number of anilines is 2. The normalized spacial score (nSPS) is 11.1. The van der Waals surface area contributed by atoms with Crippen LogP contribution in [0, 0.1) is 10.1 Å². The quantitative estimate of drug-likeness (QED) is 0.603. The molecule has 0 aromatic carbocycles. The molecule has 0 saturated carbocycles. The summed E-state index contributed by atoms with van der Waals surface area (Å²) in [6.07, 6.45) is 3.20. The Kier molecular flexibility index (Phi) is 4.71. The van der Waals surface area contributed by atoms with Crippen molar-refractivity contribution in [2.75, 3.05) is 30.5 Å². The van der Waals surface area contributed by atoms with Crippen LogP contribution in [-0.4, -0.2) is 39.5 Å². The zero-order valence-electron chi connectivity index (χ0n) is 10.9. The van der Waals surface area contributed by atoms with Crippen molar-refractivity contribution in [1.29, 1.82) is 0 Å². The summed E-state index contributed by atoms with van der Waals surface area (Å²) in [6, 6.07) is 0. The first-order valence-electron chi connectivity index (χ1n) is 5.38. The molecule has 0 aliphatic carbocycles. The van der Waals surface area contributed by atoms with E-state index in [-0.39, 0.29) is 16.3 Å². The van der Waals surface area contributed by atoms with Crippen molar-refractivity contribution < 1.29 is 4.92 Å². The standard InChI is InChI=1S/C10H17N5O2S/c1-10(2,18-4)6-13-8-7(15(16)17)5-12-9(11-3)14-8/h5H,6H2,1-4H3,(H2,11,12,13,14). The molecule has 0 aliphatic rings. The summed E-state index contributed by atoms with van der Waals surface area (Å²) < 4.78 is -0.0291. The van der Waals surface area contributed by atoms with Crippen molar-refractivity contribution in [3.63, 3.8) is 0 Å². The number of rotatable bonds is 6. The van der Waals surface area contributed by atoms with Gasteiger partial charge in [0.15, 0.2) is 0 Å². The van der Waals surface area contributed by atoms with E-state index < -0.39 is 4.92 Å². The van der Waals surface area contributed by atoms with E-state index in [1.165, 1.54) is 6.20 Å². The first-order chi connectivity index (χ1) is 8.39. The maximum atomic E-state index is 10.9. The highest BCUT2D eigenvalue weighted by Gasteiger charge is 2.21. The minimum atomic E-state index is -0.492. The smallest absolute Gasteiger partial charge is 0.329 e. The van der Waals surface area contributed by atoms with Gasteiger partial charge in [0.2, 0.25) is 11.8 Å². The fourth-order valence-corrected chi connectivity index (χ4v) is 1.34. The van der Waals surface area contributed by atoms with E-state index >= 15 is 0 Å². The van der Waals surface area contributed by atoms with Crippen molar-refractivity contribution in [3.05, 3.63) is 16.3 Å². The first kappa shape index (κ1) is 14.5. The molecular weight excluding hydrogens is 254 g/mol. The fourth-order valence-electron chi connectivity index (χ4n) is 1.13. The van der Waals surface area contributed by atoms with Gasteiger partial charge in [-0.25, -0.2) is 4.98 Å². The predicted molar refractivity (Wildman–Crippen MR) is 74.3 cm³/mol. The largest absolute Gasteiger partial charge is 0.363 e. The topological polar surface area (TPSA) is 93.0 Å². The maximum Gasteiger partial charge on any atom is 0.329 e.